The minimum absolute atomic E-state index is 0.0632. The molecule has 0 fully saturated rings. The van der Waals surface area contributed by atoms with E-state index in [2.05, 4.69) is 15.9 Å². The predicted molar refractivity (Wildman–Crippen MR) is 62.7 cm³/mol. The second kappa shape index (κ2) is 4.97. The van der Waals surface area contributed by atoms with E-state index in [1.165, 1.54) is 12.1 Å². The molecule has 0 bridgehead atoms. The number of halogens is 4. The van der Waals surface area contributed by atoms with Crippen LogP contribution in [0, 0.1) is 0 Å². The fourth-order valence-corrected chi connectivity index (χ4v) is 2.18. The SMILES string of the molecule is N[C@@H](c1cc2c(cc1Br)OCCCO2)C(F)(F)F. The molecule has 1 aliphatic rings. The van der Waals surface area contributed by atoms with Gasteiger partial charge in [0.25, 0.3) is 0 Å². The number of nitrogens with two attached hydrogens (primary N) is 1. The second-order valence-electron chi connectivity index (χ2n) is 3.89. The third kappa shape index (κ3) is 2.72. The Kier molecular flexibility index (Phi) is 3.72. The number of rotatable bonds is 1. The van der Waals surface area contributed by atoms with Crippen LogP contribution in [0.15, 0.2) is 16.6 Å². The summed E-state index contributed by atoms with van der Waals surface area (Å²) in [7, 11) is 0. The summed E-state index contributed by atoms with van der Waals surface area (Å²) in [5.74, 6) is 0.725. The van der Waals surface area contributed by atoms with Crippen LogP contribution in [-0.2, 0) is 0 Å². The van der Waals surface area contributed by atoms with Crippen molar-refractivity contribution in [1.82, 2.24) is 0 Å². The molecule has 1 heterocycles. The van der Waals surface area contributed by atoms with Crippen molar-refractivity contribution in [2.75, 3.05) is 13.2 Å². The summed E-state index contributed by atoms with van der Waals surface area (Å²) < 4.78 is 48.8. The van der Waals surface area contributed by atoms with Crippen molar-refractivity contribution in [1.29, 1.82) is 0 Å². The van der Waals surface area contributed by atoms with Crippen LogP contribution in [0.25, 0.3) is 0 Å². The van der Waals surface area contributed by atoms with Crippen molar-refractivity contribution in [2.45, 2.75) is 18.6 Å². The molecule has 1 atom stereocenters. The normalized spacial score (nSPS) is 17.2. The highest BCUT2D eigenvalue weighted by Gasteiger charge is 2.39. The van der Waals surface area contributed by atoms with Gasteiger partial charge in [-0.25, -0.2) is 0 Å². The Labute approximate surface area is 110 Å². The van der Waals surface area contributed by atoms with E-state index in [-0.39, 0.29) is 10.0 Å². The van der Waals surface area contributed by atoms with Gasteiger partial charge >= 0.3 is 6.18 Å². The van der Waals surface area contributed by atoms with Crippen LogP contribution in [-0.4, -0.2) is 19.4 Å². The van der Waals surface area contributed by atoms with Gasteiger partial charge in [-0.1, -0.05) is 15.9 Å². The topological polar surface area (TPSA) is 44.5 Å². The number of ether oxygens (including phenoxy) is 2. The molecule has 0 spiro atoms. The van der Waals surface area contributed by atoms with Crippen LogP contribution in [0.1, 0.15) is 18.0 Å². The molecule has 1 aromatic carbocycles. The summed E-state index contributed by atoms with van der Waals surface area (Å²) in [5.41, 5.74) is 5.13. The Morgan fingerprint density at radius 3 is 2.28 bits per heavy atom. The quantitative estimate of drug-likeness (QED) is 0.862. The number of hydrogen-bond donors (Lipinski definition) is 1. The highest BCUT2D eigenvalue weighted by Crippen LogP contribution is 2.41. The third-order valence-corrected chi connectivity index (χ3v) is 3.24. The van der Waals surface area contributed by atoms with Crippen molar-refractivity contribution in [3.63, 3.8) is 0 Å². The Morgan fingerprint density at radius 2 is 1.72 bits per heavy atom. The van der Waals surface area contributed by atoms with Gasteiger partial charge in [0.05, 0.1) is 13.2 Å². The first-order valence-electron chi connectivity index (χ1n) is 5.31. The molecule has 0 aliphatic carbocycles. The van der Waals surface area contributed by atoms with E-state index in [9.17, 15) is 13.2 Å². The first-order chi connectivity index (χ1) is 8.39. The second-order valence-corrected chi connectivity index (χ2v) is 4.74. The fraction of sp³-hybridized carbons (Fsp3) is 0.455. The molecule has 0 saturated carbocycles. The third-order valence-electron chi connectivity index (χ3n) is 2.55. The molecule has 2 rings (SSSR count). The minimum atomic E-state index is -4.50. The molecule has 1 aromatic rings. The first kappa shape index (κ1) is 13.5. The molecular weight excluding hydrogens is 315 g/mol. The molecule has 0 unspecified atom stereocenters. The molecule has 1 aliphatic heterocycles. The van der Waals surface area contributed by atoms with Gasteiger partial charge in [-0.05, 0) is 17.7 Å². The van der Waals surface area contributed by atoms with Crippen molar-refractivity contribution < 1.29 is 22.6 Å². The van der Waals surface area contributed by atoms with Gasteiger partial charge in [0.2, 0.25) is 0 Å². The Balaban J connectivity index is 2.41. The standard InChI is InChI=1S/C11H11BrF3NO2/c12-7-5-9-8(17-2-1-3-18-9)4-6(7)10(16)11(13,14)15/h4-5,10H,1-3,16H2/t10-/m0/s1. The average molecular weight is 326 g/mol. The smallest absolute Gasteiger partial charge is 0.407 e. The van der Waals surface area contributed by atoms with Gasteiger partial charge in [-0.15, -0.1) is 0 Å². The minimum Gasteiger partial charge on any atom is -0.490 e. The van der Waals surface area contributed by atoms with Gasteiger partial charge in [0.1, 0.15) is 6.04 Å². The zero-order valence-corrected chi connectivity index (χ0v) is 10.8. The van der Waals surface area contributed by atoms with Crippen molar-refractivity contribution in [3.8, 4) is 11.5 Å². The van der Waals surface area contributed by atoms with E-state index in [1.54, 1.807) is 0 Å². The Morgan fingerprint density at radius 1 is 1.17 bits per heavy atom. The average Bonchev–Trinajstić information content (AvgIpc) is 2.50. The molecule has 7 heteroatoms. The van der Waals surface area contributed by atoms with Crippen LogP contribution in [0.3, 0.4) is 0 Å². The van der Waals surface area contributed by atoms with Crippen LogP contribution in [0.4, 0.5) is 13.2 Å². The molecule has 3 nitrogen and oxygen atoms in total. The van der Waals surface area contributed by atoms with Crippen molar-refractivity contribution >= 4 is 15.9 Å². The summed E-state index contributed by atoms with van der Waals surface area (Å²) in [4.78, 5) is 0. The zero-order chi connectivity index (χ0) is 13.3. The maximum atomic E-state index is 12.6. The fourth-order valence-electron chi connectivity index (χ4n) is 1.61. The number of hydrogen-bond acceptors (Lipinski definition) is 3. The zero-order valence-electron chi connectivity index (χ0n) is 9.26. The van der Waals surface area contributed by atoms with Crippen LogP contribution in [0.2, 0.25) is 0 Å². The Hall–Kier alpha value is -0.950. The van der Waals surface area contributed by atoms with E-state index >= 15 is 0 Å². The van der Waals surface area contributed by atoms with Crippen molar-refractivity contribution in [2.24, 2.45) is 5.73 Å². The van der Waals surface area contributed by atoms with Crippen LogP contribution >= 0.6 is 15.9 Å². The number of fused-ring (bicyclic) bond motifs is 1. The van der Waals surface area contributed by atoms with Gasteiger partial charge in [-0.2, -0.15) is 13.2 Å². The molecule has 0 aromatic heterocycles. The molecule has 2 N–H and O–H groups in total. The van der Waals surface area contributed by atoms with E-state index < -0.39 is 12.2 Å². The summed E-state index contributed by atoms with van der Waals surface area (Å²) in [6.07, 6.45) is -3.81. The van der Waals surface area contributed by atoms with Crippen molar-refractivity contribution in [3.05, 3.63) is 22.2 Å². The summed E-state index contributed by atoms with van der Waals surface area (Å²) in [6, 6.07) is 0.689. The lowest BCUT2D eigenvalue weighted by atomic mass is 10.1. The molecule has 100 valence electrons. The van der Waals surface area contributed by atoms with Gasteiger partial charge in [0, 0.05) is 10.9 Å². The van der Waals surface area contributed by atoms with E-state index in [0.717, 1.165) is 0 Å². The molecule has 18 heavy (non-hydrogen) atoms. The lowest BCUT2D eigenvalue weighted by Crippen LogP contribution is -2.28. The number of alkyl halides is 3. The molecule has 0 amide bonds. The molecular formula is C11H11BrF3NO2. The highest BCUT2D eigenvalue weighted by atomic mass is 79.9. The maximum Gasteiger partial charge on any atom is 0.407 e. The predicted octanol–water partition coefficient (Wildman–Crippen LogP) is 3.17. The molecule has 0 radical (unpaired) electrons. The van der Waals surface area contributed by atoms with E-state index in [4.69, 9.17) is 15.2 Å². The van der Waals surface area contributed by atoms with Gasteiger partial charge < -0.3 is 15.2 Å². The number of benzene rings is 1. The van der Waals surface area contributed by atoms with Crippen LogP contribution in [0.5, 0.6) is 11.5 Å². The van der Waals surface area contributed by atoms with Crippen LogP contribution < -0.4 is 15.2 Å². The van der Waals surface area contributed by atoms with E-state index in [1.807, 2.05) is 0 Å². The Bertz CT molecular complexity index is 451. The lowest BCUT2D eigenvalue weighted by molar-refractivity contribution is -0.149. The summed E-state index contributed by atoms with van der Waals surface area (Å²) in [5, 5.41) is 0. The molecule has 0 saturated heterocycles. The van der Waals surface area contributed by atoms with Gasteiger partial charge in [0.15, 0.2) is 11.5 Å². The van der Waals surface area contributed by atoms with Gasteiger partial charge in [-0.3, -0.25) is 0 Å². The highest BCUT2D eigenvalue weighted by molar-refractivity contribution is 9.10. The largest absolute Gasteiger partial charge is 0.490 e. The first-order valence-corrected chi connectivity index (χ1v) is 6.10. The monoisotopic (exact) mass is 325 g/mol. The summed E-state index contributed by atoms with van der Waals surface area (Å²) >= 11 is 3.08. The van der Waals surface area contributed by atoms with E-state index in [0.29, 0.717) is 31.1 Å². The lowest BCUT2D eigenvalue weighted by Gasteiger charge is -2.19. The maximum absolute atomic E-state index is 12.6. The summed E-state index contributed by atoms with van der Waals surface area (Å²) in [6.45, 7) is 0.888.